The molecular formula is C18H20ClNO2S. The quantitative estimate of drug-likeness (QED) is 0.886. The number of sulfonamides is 1. The van der Waals surface area contributed by atoms with Gasteiger partial charge in [-0.25, -0.2) is 13.1 Å². The lowest BCUT2D eigenvalue weighted by Crippen LogP contribution is -2.28. The molecule has 1 atom stereocenters. The molecule has 0 saturated heterocycles. The Labute approximate surface area is 142 Å². The molecule has 2 aromatic rings. The van der Waals surface area contributed by atoms with E-state index in [4.69, 9.17) is 11.6 Å². The standard InChI is InChI=1S/C18H20ClNO2S/c1-13(16-9-8-15-5-3-6-17(15)11-16)20-23(21,22)12-14-4-2-7-18(19)10-14/h2,4,7-11,13,20H,3,5-6,12H2,1H3/t13-/m1/s1. The van der Waals surface area contributed by atoms with Gasteiger partial charge in [0, 0.05) is 11.1 Å². The SMILES string of the molecule is C[C@@H](NS(=O)(=O)Cc1cccc(Cl)c1)c1ccc2c(c1)CCC2. The van der Waals surface area contributed by atoms with E-state index in [0.29, 0.717) is 10.6 Å². The predicted octanol–water partition coefficient (Wildman–Crippen LogP) is 4.01. The Balaban J connectivity index is 1.72. The lowest BCUT2D eigenvalue weighted by atomic mass is 10.0. The van der Waals surface area contributed by atoms with Gasteiger partial charge in [0.05, 0.1) is 5.75 Å². The summed E-state index contributed by atoms with van der Waals surface area (Å²) in [5.41, 5.74) is 4.44. The Hall–Kier alpha value is -1.36. The molecule has 2 aromatic carbocycles. The van der Waals surface area contributed by atoms with Gasteiger partial charge < -0.3 is 0 Å². The first-order chi connectivity index (χ1) is 10.9. The number of fused-ring (bicyclic) bond motifs is 1. The zero-order valence-electron chi connectivity index (χ0n) is 13.0. The molecule has 0 bridgehead atoms. The molecule has 1 aliphatic rings. The van der Waals surface area contributed by atoms with Crippen LogP contribution in [0.1, 0.15) is 41.6 Å². The number of halogens is 1. The third-order valence-corrected chi connectivity index (χ3v) is 5.89. The minimum absolute atomic E-state index is 0.0666. The zero-order valence-corrected chi connectivity index (χ0v) is 14.6. The van der Waals surface area contributed by atoms with E-state index in [1.807, 2.05) is 13.0 Å². The monoisotopic (exact) mass is 349 g/mol. The van der Waals surface area contributed by atoms with Gasteiger partial charge >= 0.3 is 0 Å². The molecule has 5 heteroatoms. The minimum Gasteiger partial charge on any atom is -0.212 e. The summed E-state index contributed by atoms with van der Waals surface area (Å²) in [6.07, 6.45) is 3.41. The van der Waals surface area contributed by atoms with Crippen LogP contribution in [0.25, 0.3) is 0 Å². The highest BCUT2D eigenvalue weighted by atomic mass is 35.5. The van der Waals surface area contributed by atoms with Gasteiger partial charge in [-0.05, 0) is 60.6 Å². The van der Waals surface area contributed by atoms with E-state index in [9.17, 15) is 8.42 Å². The van der Waals surface area contributed by atoms with E-state index in [2.05, 4.69) is 16.9 Å². The van der Waals surface area contributed by atoms with Crippen LogP contribution >= 0.6 is 11.6 Å². The van der Waals surface area contributed by atoms with E-state index >= 15 is 0 Å². The Morgan fingerprint density at radius 3 is 2.70 bits per heavy atom. The van der Waals surface area contributed by atoms with Gasteiger partial charge in [0.2, 0.25) is 10.0 Å². The second kappa shape index (κ2) is 6.63. The second-order valence-electron chi connectivity index (χ2n) is 6.11. The highest BCUT2D eigenvalue weighted by Gasteiger charge is 2.18. The average molecular weight is 350 g/mol. The average Bonchev–Trinajstić information content (AvgIpc) is 2.93. The van der Waals surface area contributed by atoms with Crippen molar-refractivity contribution in [2.75, 3.05) is 0 Å². The first-order valence-electron chi connectivity index (χ1n) is 7.79. The number of hydrogen-bond donors (Lipinski definition) is 1. The van der Waals surface area contributed by atoms with Crippen molar-refractivity contribution < 1.29 is 8.42 Å². The van der Waals surface area contributed by atoms with E-state index < -0.39 is 10.0 Å². The fourth-order valence-corrected chi connectivity index (χ4v) is 4.68. The molecule has 0 saturated carbocycles. The van der Waals surface area contributed by atoms with Crippen molar-refractivity contribution in [3.63, 3.8) is 0 Å². The molecule has 122 valence electrons. The predicted molar refractivity (Wildman–Crippen MR) is 94.1 cm³/mol. The molecule has 0 unspecified atom stereocenters. The van der Waals surface area contributed by atoms with Gasteiger partial charge in [0.1, 0.15) is 0 Å². The van der Waals surface area contributed by atoms with Crippen LogP contribution in [0.15, 0.2) is 42.5 Å². The van der Waals surface area contributed by atoms with Gasteiger partial charge in [-0.1, -0.05) is 41.9 Å². The van der Waals surface area contributed by atoms with Crippen LogP contribution in [0.5, 0.6) is 0 Å². The van der Waals surface area contributed by atoms with E-state index in [1.165, 1.54) is 17.5 Å². The molecule has 0 fully saturated rings. The van der Waals surface area contributed by atoms with Crippen LogP contribution in [0.4, 0.5) is 0 Å². The highest BCUT2D eigenvalue weighted by molar-refractivity contribution is 7.88. The van der Waals surface area contributed by atoms with E-state index in [0.717, 1.165) is 18.4 Å². The first-order valence-corrected chi connectivity index (χ1v) is 9.82. The van der Waals surface area contributed by atoms with Gasteiger partial charge in [0.15, 0.2) is 0 Å². The first kappa shape index (κ1) is 16.5. The summed E-state index contributed by atoms with van der Waals surface area (Å²) < 4.78 is 27.5. The van der Waals surface area contributed by atoms with Crippen molar-refractivity contribution in [3.8, 4) is 0 Å². The topological polar surface area (TPSA) is 46.2 Å². The number of hydrogen-bond acceptors (Lipinski definition) is 2. The Bertz CT molecular complexity index is 818. The summed E-state index contributed by atoms with van der Waals surface area (Å²) in [5.74, 6) is -0.0666. The highest BCUT2D eigenvalue weighted by Crippen LogP contribution is 2.26. The van der Waals surface area contributed by atoms with E-state index in [-0.39, 0.29) is 11.8 Å². The second-order valence-corrected chi connectivity index (χ2v) is 8.30. The summed E-state index contributed by atoms with van der Waals surface area (Å²) in [6, 6.07) is 13.0. The molecule has 0 aliphatic heterocycles. The van der Waals surface area contributed by atoms with Crippen molar-refractivity contribution >= 4 is 21.6 Å². The molecule has 23 heavy (non-hydrogen) atoms. The van der Waals surface area contributed by atoms with Crippen molar-refractivity contribution in [1.82, 2.24) is 4.72 Å². The van der Waals surface area contributed by atoms with Crippen LogP contribution in [-0.4, -0.2) is 8.42 Å². The summed E-state index contributed by atoms with van der Waals surface area (Å²) in [6.45, 7) is 1.88. The van der Waals surface area contributed by atoms with Crippen molar-refractivity contribution in [3.05, 3.63) is 69.7 Å². The van der Waals surface area contributed by atoms with Gasteiger partial charge in [-0.3, -0.25) is 0 Å². The Morgan fingerprint density at radius 1 is 1.13 bits per heavy atom. The van der Waals surface area contributed by atoms with Crippen molar-refractivity contribution in [2.24, 2.45) is 0 Å². The molecule has 3 nitrogen and oxygen atoms in total. The molecule has 0 heterocycles. The number of rotatable bonds is 5. The summed E-state index contributed by atoms with van der Waals surface area (Å²) in [5, 5.41) is 0.546. The van der Waals surface area contributed by atoms with Crippen molar-refractivity contribution in [2.45, 2.75) is 38.0 Å². The van der Waals surface area contributed by atoms with Gasteiger partial charge in [0.25, 0.3) is 0 Å². The fourth-order valence-electron chi connectivity index (χ4n) is 3.09. The van der Waals surface area contributed by atoms with E-state index in [1.54, 1.807) is 24.3 Å². The summed E-state index contributed by atoms with van der Waals surface area (Å²) in [4.78, 5) is 0. The maximum Gasteiger partial charge on any atom is 0.216 e. The van der Waals surface area contributed by atoms with Crippen molar-refractivity contribution in [1.29, 1.82) is 0 Å². The molecule has 1 aliphatic carbocycles. The lowest BCUT2D eigenvalue weighted by molar-refractivity contribution is 0.566. The maximum absolute atomic E-state index is 12.4. The molecule has 0 spiro atoms. The van der Waals surface area contributed by atoms with Gasteiger partial charge in [-0.15, -0.1) is 0 Å². The van der Waals surface area contributed by atoms with Crippen LogP contribution in [0, 0.1) is 0 Å². The molecule has 0 radical (unpaired) electrons. The number of benzene rings is 2. The zero-order chi connectivity index (χ0) is 16.4. The largest absolute Gasteiger partial charge is 0.216 e. The van der Waals surface area contributed by atoms with Crippen LogP contribution < -0.4 is 4.72 Å². The summed E-state index contributed by atoms with van der Waals surface area (Å²) >= 11 is 5.91. The molecular weight excluding hydrogens is 330 g/mol. The third-order valence-electron chi connectivity index (χ3n) is 4.22. The summed E-state index contributed by atoms with van der Waals surface area (Å²) in [7, 11) is -3.42. The smallest absolute Gasteiger partial charge is 0.212 e. The normalized spacial score (nSPS) is 15.4. The van der Waals surface area contributed by atoms with Gasteiger partial charge in [-0.2, -0.15) is 0 Å². The molecule has 0 aromatic heterocycles. The Morgan fingerprint density at radius 2 is 1.91 bits per heavy atom. The molecule has 3 rings (SSSR count). The Kier molecular flexibility index (Phi) is 4.76. The number of aryl methyl sites for hydroxylation is 2. The fraction of sp³-hybridized carbons (Fsp3) is 0.333. The molecule has 1 N–H and O–H groups in total. The molecule has 0 amide bonds. The lowest BCUT2D eigenvalue weighted by Gasteiger charge is -2.16. The number of nitrogens with one attached hydrogen (secondary N) is 1. The van der Waals surface area contributed by atoms with Crippen LogP contribution in [0.2, 0.25) is 5.02 Å². The minimum atomic E-state index is -3.42. The maximum atomic E-state index is 12.4. The third kappa shape index (κ3) is 4.14. The van der Waals surface area contributed by atoms with Crippen LogP contribution in [-0.2, 0) is 28.6 Å². The van der Waals surface area contributed by atoms with Crippen LogP contribution in [0.3, 0.4) is 0 Å².